The number of rotatable bonds is 1. The number of urea groups is 1. The van der Waals surface area contributed by atoms with Crippen molar-refractivity contribution in [1.82, 2.24) is 9.99 Å². The molecule has 0 unspecified atom stereocenters. The van der Waals surface area contributed by atoms with Crippen molar-refractivity contribution in [3.8, 4) is 0 Å². The molecule has 0 atom stereocenters. The summed E-state index contributed by atoms with van der Waals surface area (Å²) in [5.41, 5.74) is 0.442. The number of nitrogens with two attached hydrogens (primary N) is 1. The molecule has 0 bridgehead atoms. The zero-order chi connectivity index (χ0) is 10.7. The van der Waals surface area contributed by atoms with Crippen molar-refractivity contribution < 1.29 is 4.79 Å². The number of anilines is 1. The van der Waals surface area contributed by atoms with Gasteiger partial charge < -0.3 is 5.32 Å². The number of nitrogens with one attached hydrogen (secondary N) is 1. The topological polar surface area (TPSA) is 71.2 Å². The van der Waals surface area contributed by atoms with Gasteiger partial charge >= 0.3 is 6.03 Å². The molecule has 5 nitrogen and oxygen atoms in total. The van der Waals surface area contributed by atoms with Crippen molar-refractivity contribution in [3.63, 3.8) is 0 Å². The van der Waals surface area contributed by atoms with Crippen LogP contribution in [0.15, 0.2) is 12.1 Å². The van der Waals surface area contributed by atoms with E-state index < -0.39 is 6.03 Å². The number of hydrazine groups is 1. The van der Waals surface area contributed by atoms with Gasteiger partial charge in [-0.05, 0) is 12.1 Å². The summed E-state index contributed by atoms with van der Waals surface area (Å²) < 4.78 is 0. The first-order chi connectivity index (χ1) is 6.49. The van der Waals surface area contributed by atoms with Crippen molar-refractivity contribution in [2.75, 3.05) is 12.4 Å². The van der Waals surface area contributed by atoms with Crippen LogP contribution >= 0.6 is 23.2 Å². The molecule has 0 radical (unpaired) electrons. The molecule has 1 heterocycles. The Morgan fingerprint density at radius 1 is 1.50 bits per heavy atom. The molecular weight excluding hydrogens is 227 g/mol. The summed E-state index contributed by atoms with van der Waals surface area (Å²) in [7, 11) is 1.42. The fourth-order valence-electron chi connectivity index (χ4n) is 0.749. The fourth-order valence-corrected chi connectivity index (χ4v) is 1.21. The Hall–Kier alpha value is -1.04. The maximum atomic E-state index is 11.1. The van der Waals surface area contributed by atoms with Crippen LogP contribution in [0.4, 0.5) is 10.5 Å². The van der Waals surface area contributed by atoms with Crippen LogP contribution in [-0.4, -0.2) is 23.1 Å². The Bertz CT molecular complexity index is 335. The lowest BCUT2D eigenvalue weighted by atomic mass is 10.4. The summed E-state index contributed by atoms with van der Waals surface area (Å²) in [6, 6.07) is 2.47. The van der Waals surface area contributed by atoms with Crippen LogP contribution in [0, 0.1) is 0 Å². The number of pyridine rings is 1. The largest absolute Gasteiger partial charge is 0.335 e. The van der Waals surface area contributed by atoms with Gasteiger partial charge in [0.05, 0.1) is 0 Å². The van der Waals surface area contributed by atoms with E-state index in [1.165, 1.54) is 19.2 Å². The van der Waals surface area contributed by atoms with Crippen LogP contribution in [0.1, 0.15) is 0 Å². The molecule has 0 aliphatic heterocycles. The van der Waals surface area contributed by atoms with Crippen molar-refractivity contribution in [2.24, 2.45) is 5.84 Å². The SMILES string of the molecule is CN(N)C(=O)Nc1cc(Cl)nc(Cl)c1. The smallest absolute Gasteiger partial charge is 0.307 e. The van der Waals surface area contributed by atoms with E-state index >= 15 is 0 Å². The molecule has 76 valence electrons. The van der Waals surface area contributed by atoms with Gasteiger partial charge in [-0.25, -0.2) is 15.6 Å². The molecule has 2 amide bonds. The van der Waals surface area contributed by atoms with E-state index in [-0.39, 0.29) is 10.3 Å². The van der Waals surface area contributed by atoms with Gasteiger partial charge in [0.2, 0.25) is 0 Å². The van der Waals surface area contributed by atoms with Crippen LogP contribution < -0.4 is 11.2 Å². The summed E-state index contributed by atoms with van der Waals surface area (Å²) in [6.07, 6.45) is 0. The van der Waals surface area contributed by atoms with Crippen LogP contribution in [0.25, 0.3) is 0 Å². The first kappa shape index (κ1) is 11.0. The average molecular weight is 235 g/mol. The summed E-state index contributed by atoms with van der Waals surface area (Å²) in [4.78, 5) is 14.8. The molecule has 3 N–H and O–H groups in total. The minimum absolute atomic E-state index is 0.201. The molecule has 1 rings (SSSR count). The Kier molecular flexibility index (Phi) is 3.51. The average Bonchev–Trinajstić information content (AvgIpc) is 2.01. The molecular formula is C7H8Cl2N4O. The maximum Gasteiger partial charge on any atom is 0.335 e. The Labute approximate surface area is 90.8 Å². The van der Waals surface area contributed by atoms with Crippen molar-refractivity contribution in [3.05, 3.63) is 22.4 Å². The number of aromatic nitrogens is 1. The monoisotopic (exact) mass is 234 g/mol. The molecule has 0 fully saturated rings. The van der Waals surface area contributed by atoms with E-state index in [1.807, 2.05) is 0 Å². The summed E-state index contributed by atoms with van der Waals surface area (Å²) in [5, 5.41) is 3.78. The van der Waals surface area contributed by atoms with Crippen molar-refractivity contribution >= 4 is 34.9 Å². The van der Waals surface area contributed by atoms with Crippen molar-refractivity contribution in [2.45, 2.75) is 0 Å². The van der Waals surface area contributed by atoms with Crippen molar-refractivity contribution in [1.29, 1.82) is 0 Å². The highest BCUT2D eigenvalue weighted by Gasteiger charge is 2.06. The number of carbonyl (C=O) groups excluding carboxylic acids is 1. The summed E-state index contributed by atoms with van der Waals surface area (Å²) in [6.45, 7) is 0. The molecule has 14 heavy (non-hydrogen) atoms. The highest BCUT2D eigenvalue weighted by Crippen LogP contribution is 2.18. The van der Waals surface area contributed by atoms with Gasteiger partial charge in [0.1, 0.15) is 10.3 Å². The van der Waals surface area contributed by atoms with Crippen LogP contribution in [0.3, 0.4) is 0 Å². The number of halogens is 2. The molecule has 0 aromatic carbocycles. The second-order valence-corrected chi connectivity index (χ2v) is 3.32. The molecule has 7 heteroatoms. The third-order valence-corrected chi connectivity index (χ3v) is 1.72. The number of hydrogen-bond donors (Lipinski definition) is 2. The number of hydrogen-bond acceptors (Lipinski definition) is 3. The Morgan fingerprint density at radius 3 is 2.43 bits per heavy atom. The Morgan fingerprint density at radius 2 is 2.00 bits per heavy atom. The zero-order valence-corrected chi connectivity index (χ0v) is 8.80. The zero-order valence-electron chi connectivity index (χ0n) is 7.29. The van der Waals surface area contributed by atoms with E-state index in [9.17, 15) is 4.79 Å². The predicted molar refractivity (Wildman–Crippen MR) is 55.2 cm³/mol. The molecule has 0 spiro atoms. The number of amides is 2. The van der Waals surface area contributed by atoms with Gasteiger partial charge in [0.25, 0.3) is 0 Å². The maximum absolute atomic E-state index is 11.1. The molecule has 0 aliphatic carbocycles. The van der Waals surface area contributed by atoms with Gasteiger partial charge in [0.15, 0.2) is 0 Å². The normalized spacial score (nSPS) is 9.71. The van der Waals surface area contributed by atoms with Gasteiger partial charge in [-0.2, -0.15) is 0 Å². The number of carbonyl (C=O) groups is 1. The van der Waals surface area contributed by atoms with E-state index in [2.05, 4.69) is 10.3 Å². The fraction of sp³-hybridized carbons (Fsp3) is 0.143. The van der Waals surface area contributed by atoms with Crippen LogP contribution in [0.2, 0.25) is 10.3 Å². The lowest BCUT2D eigenvalue weighted by Crippen LogP contribution is -2.36. The third-order valence-electron chi connectivity index (χ3n) is 1.33. The molecule has 0 aliphatic rings. The van der Waals surface area contributed by atoms with E-state index in [0.29, 0.717) is 5.69 Å². The molecule has 0 saturated heterocycles. The third kappa shape index (κ3) is 3.02. The molecule has 1 aromatic heterocycles. The second kappa shape index (κ2) is 4.45. The summed E-state index contributed by atoms with van der Waals surface area (Å²) in [5.74, 6) is 5.20. The van der Waals surface area contributed by atoms with Crippen LogP contribution in [-0.2, 0) is 0 Å². The summed E-state index contributed by atoms with van der Waals surface area (Å²) >= 11 is 11.2. The molecule has 1 aromatic rings. The minimum atomic E-state index is -0.469. The lowest BCUT2D eigenvalue weighted by Gasteiger charge is -2.11. The second-order valence-electron chi connectivity index (χ2n) is 2.54. The predicted octanol–water partition coefficient (Wildman–Crippen LogP) is 1.73. The van der Waals surface area contributed by atoms with Crippen LogP contribution in [0.5, 0.6) is 0 Å². The Balaban J connectivity index is 2.82. The van der Waals surface area contributed by atoms with Gasteiger partial charge in [-0.15, -0.1) is 0 Å². The highest BCUT2D eigenvalue weighted by atomic mass is 35.5. The van der Waals surface area contributed by atoms with Gasteiger partial charge in [0, 0.05) is 12.7 Å². The minimum Gasteiger partial charge on any atom is -0.307 e. The van der Waals surface area contributed by atoms with E-state index in [4.69, 9.17) is 29.0 Å². The quantitative estimate of drug-likeness (QED) is 0.337. The van der Waals surface area contributed by atoms with E-state index in [1.54, 1.807) is 0 Å². The lowest BCUT2D eigenvalue weighted by molar-refractivity contribution is 0.223. The number of nitrogens with zero attached hydrogens (tertiary/aromatic N) is 2. The highest BCUT2D eigenvalue weighted by molar-refractivity contribution is 6.32. The standard InChI is InChI=1S/C7H8Cl2N4O/c1-13(10)7(14)11-4-2-5(8)12-6(9)3-4/h2-3H,10H2,1H3,(H,11,12,14). The molecule has 0 saturated carbocycles. The van der Waals surface area contributed by atoms with Gasteiger partial charge in [-0.3, -0.25) is 5.01 Å². The van der Waals surface area contributed by atoms with Gasteiger partial charge in [-0.1, -0.05) is 23.2 Å². The first-order valence-electron chi connectivity index (χ1n) is 3.61. The van der Waals surface area contributed by atoms with E-state index in [0.717, 1.165) is 5.01 Å². The first-order valence-corrected chi connectivity index (χ1v) is 4.37.